The number of halogens is 1. The quantitative estimate of drug-likeness (QED) is 0.836. The first-order valence-corrected chi connectivity index (χ1v) is 7.75. The molecule has 0 bridgehead atoms. The topological polar surface area (TPSA) is 20.3 Å². The lowest BCUT2D eigenvalue weighted by atomic mass is 9.98. The number of amides is 1. The van der Waals surface area contributed by atoms with Gasteiger partial charge in [-0.15, -0.1) is 0 Å². The molecule has 114 valence electrons. The molecule has 2 aromatic carbocycles. The van der Waals surface area contributed by atoms with Gasteiger partial charge in [0.05, 0.1) is 6.04 Å². The molecule has 1 aliphatic rings. The molecular formula is C19H20FNO. The standard InChI is InChI=1S/C19H20FNO/c1-14(16-5-3-2-4-6-16)21-12-11-17(19(21)22)13-15-7-9-18(20)10-8-15/h2-10,14,17H,11-13H2,1H3/t14-,17?/m0/s1. The molecule has 1 aliphatic heterocycles. The third-order valence-electron chi connectivity index (χ3n) is 4.50. The minimum Gasteiger partial charge on any atom is -0.336 e. The van der Waals surface area contributed by atoms with Gasteiger partial charge in [-0.25, -0.2) is 4.39 Å². The summed E-state index contributed by atoms with van der Waals surface area (Å²) in [5, 5.41) is 0. The number of rotatable bonds is 4. The van der Waals surface area contributed by atoms with Crippen LogP contribution < -0.4 is 0 Å². The molecule has 3 heteroatoms. The average molecular weight is 297 g/mol. The lowest BCUT2D eigenvalue weighted by molar-refractivity contribution is -0.132. The van der Waals surface area contributed by atoms with Crippen LogP contribution in [0.2, 0.25) is 0 Å². The zero-order chi connectivity index (χ0) is 15.5. The van der Waals surface area contributed by atoms with Gasteiger partial charge in [-0.3, -0.25) is 4.79 Å². The fourth-order valence-corrected chi connectivity index (χ4v) is 3.15. The van der Waals surface area contributed by atoms with Gasteiger partial charge in [0.2, 0.25) is 5.91 Å². The lowest BCUT2D eigenvalue weighted by Crippen LogP contribution is -2.30. The number of carbonyl (C=O) groups excluding carboxylic acids is 1. The van der Waals surface area contributed by atoms with Gasteiger partial charge in [0.15, 0.2) is 0 Å². The van der Waals surface area contributed by atoms with Crippen molar-refractivity contribution in [1.82, 2.24) is 4.90 Å². The normalized spacial score (nSPS) is 19.5. The van der Waals surface area contributed by atoms with E-state index in [0.717, 1.165) is 18.5 Å². The minimum atomic E-state index is -0.235. The predicted molar refractivity (Wildman–Crippen MR) is 84.8 cm³/mol. The van der Waals surface area contributed by atoms with E-state index in [-0.39, 0.29) is 23.7 Å². The van der Waals surface area contributed by atoms with Gasteiger partial charge >= 0.3 is 0 Å². The predicted octanol–water partition coefficient (Wildman–Crippen LogP) is 3.98. The first-order valence-electron chi connectivity index (χ1n) is 7.75. The van der Waals surface area contributed by atoms with Gasteiger partial charge in [0.25, 0.3) is 0 Å². The molecule has 22 heavy (non-hydrogen) atoms. The van der Waals surface area contributed by atoms with Crippen LogP contribution in [-0.2, 0) is 11.2 Å². The summed E-state index contributed by atoms with van der Waals surface area (Å²) in [6.07, 6.45) is 1.56. The summed E-state index contributed by atoms with van der Waals surface area (Å²) in [5.41, 5.74) is 2.19. The summed E-state index contributed by atoms with van der Waals surface area (Å²) in [5.74, 6) is -0.0156. The highest BCUT2D eigenvalue weighted by Crippen LogP contribution is 2.30. The largest absolute Gasteiger partial charge is 0.336 e. The Kier molecular flexibility index (Phi) is 4.23. The first kappa shape index (κ1) is 14.8. The van der Waals surface area contributed by atoms with Gasteiger partial charge in [-0.2, -0.15) is 0 Å². The van der Waals surface area contributed by atoms with Gasteiger partial charge in [-0.1, -0.05) is 42.5 Å². The molecule has 1 fully saturated rings. The van der Waals surface area contributed by atoms with E-state index in [1.807, 2.05) is 23.1 Å². The Bertz CT molecular complexity index is 638. The third-order valence-corrected chi connectivity index (χ3v) is 4.50. The number of hydrogen-bond acceptors (Lipinski definition) is 1. The van der Waals surface area contributed by atoms with Gasteiger partial charge in [-0.05, 0) is 43.0 Å². The van der Waals surface area contributed by atoms with E-state index in [9.17, 15) is 9.18 Å². The van der Waals surface area contributed by atoms with Crippen LogP contribution in [-0.4, -0.2) is 17.4 Å². The van der Waals surface area contributed by atoms with Crippen LogP contribution >= 0.6 is 0 Å². The third kappa shape index (κ3) is 3.03. The Morgan fingerprint density at radius 2 is 1.82 bits per heavy atom. The number of nitrogens with zero attached hydrogens (tertiary/aromatic N) is 1. The van der Waals surface area contributed by atoms with E-state index < -0.39 is 0 Å². The second-order valence-electron chi connectivity index (χ2n) is 5.93. The average Bonchev–Trinajstić information content (AvgIpc) is 2.91. The zero-order valence-electron chi connectivity index (χ0n) is 12.7. The molecule has 0 saturated carbocycles. The van der Waals surface area contributed by atoms with Crippen molar-refractivity contribution in [3.8, 4) is 0 Å². The molecule has 1 heterocycles. The van der Waals surface area contributed by atoms with Crippen molar-refractivity contribution in [1.29, 1.82) is 0 Å². The molecule has 0 radical (unpaired) electrons. The Hall–Kier alpha value is -2.16. The van der Waals surface area contributed by atoms with E-state index in [4.69, 9.17) is 0 Å². The van der Waals surface area contributed by atoms with Crippen molar-refractivity contribution in [2.75, 3.05) is 6.54 Å². The zero-order valence-corrected chi connectivity index (χ0v) is 12.7. The van der Waals surface area contributed by atoms with Gasteiger partial charge in [0, 0.05) is 12.5 Å². The van der Waals surface area contributed by atoms with E-state index in [0.29, 0.717) is 6.42 Å². The smallest absolute Gasteiger partial charge is 0.226 e. The van der Waals surface area contributed by atoms with Crippen LogP contribution in [0.15, 0.2) is 54.6 Å². The Balaban J connectivity index is 1.68. The van der Waals surface area contributed by atoms with Crippen LogP contribution in [0.1, 0.15) is 30.5 Å². The molecule has 2 nitrogen and oxygen atoms in total. The van der Waals surface area contributed by atoms with E-state index in [1.165, 1.54) is 17.7 Å². The number of hydrogen-bond donors (Lipinski definition) is 0. The molecule has 2 atom stereocenters. The molecule has 0 spiro atoms. The summed E-state index contributed by atoms with van der Waals surface area (Å²) in [4.78, 5) is 14.6. The number of likely N-dealkylation sites (tertiary alicyclic amines) is 1. The maximum absolute atomic E-state index is 13.0. The highest BCUT2D eigenvalue weighted by atomic mass is 19.1. The molecule has 1 unspecified atom stereocenters. The molecule has 2 aromatic rings. The lowest BCUT2D eigenvalue weighted by Gasteiger charge is -2.25. The van der Waals surface area contributed by atoms with Crippen molar-refractivity contribution in [3.05, 3.63) is 71.5 Å². The summed E-state index contributed by atoms with van der Waals surface area (Å²) in [7, 11) is 0. The second-order valence-corrected chi connectivity index (χ2v) is 5.93. The monoisotopic (exact) mass is 297 g/mol. The maximum atomic E-state index is 13.0. The van der Waals surface area contributed by atoms with Crippen LogP contribution in [0, 0.1) is 11.7 Å². The molecule has 0 N–H and O–H groups in total. The second kappa shape index (κ2) is 6.30. The molecule has 0 aliphatic carbocycles. The SMILES string of the molecule is C[C@@H](c1ccccc1)N1CCC(Cc2ccc(F)cc2)C1=O. The molecule has 0 aromatic heterocycles. The van der Waals surface area contributed by atoms with Crippen molar-refractivity contribution in [3.63, 3.8) is 0 Å². The van der Waals surface area contributed by atoms with Crippen molar-refractivity contribution in [2.45, 2.75) is 25.8 Å². The van der Waals surface area contributed by atoms with Crippen LogP contribution in [0.5, 0.6) is 0 Å². The summed E-state index contributed by atoms with van der Waals surface area (Å²) in [6.45, 7) is 2.87. The van der Waals surface area contributed by atoms with Crippen molar-refractivity contribution in [2.24, 2.45) is 5.92 Å². The fourth-order valence-electron chi connectivity index (χ4n) is 3.15. The Morgan fingerprint density at radius 1 is 1.14 bits per heavy atom. The molecule has 1 saturated heterocycles. The summed E-state index contributed by atoms with van der Waals surface area (Å²) < 4.78 is 13.0. The van der Waals surface area contributed by atoms with Gasteiger partial charge < -0.3 is 4.90 Å². The fraction of sp³-hybridized carbons (Fsp3) is 0.316. The Labute approximate surface area is 130 Å². The van der Waals surface area contributed by atoms with E-state index in [1.54, 1.807) is 12.1 Å². The van der Waals surface area contributed by atoms with Crippen LogP contribution in [0.3, 0.4) is 0 Å². The summed E-state index contributed by atoms with van der Waals surface area (Å²) in [6, 6.07) is 16.7. The van der Waals surface area contributed by atoms with E-state index in [2.05, 4.69) is 19.1 Å². The highest BCUT2D eigenvalue weighted by molar-refractivity contribution is 5.81. The van der Waals surface area contributed by atoms with E-state index >= 15 is 0 Å². The number of carbonyl (C=O) groups is 1. The minimum absolute atomic E-state index is 0.0108. The van der Waals surface area contributed by atoms with Crippen LogP contribution in [0.25, 0.3) is 0 Å². The Morgan fingerprint density at radius 3 is 2.50 bits per heavy atom. The number of benzene rings is 2. The molecule has 1 amide bonds. The van der Waals surface area contributed by atoms with Crippen LogP contribution in [0.4, 0.5) is 4.39 Å². The maximum Gasteiger partial charge on any atom is 0.226 e. The molecule has 3 rings (SSSR count). The summed E-state index contributed by atoms with van der Waals surface area (Å²) >= 11 is 0. The highest BCUT2D eigenvalue weighted by Gasteiger charge is 2.34. The van der Waals surface area contributed by atoms with Crippen molar-refractivity contribution < 1.29 is 9.18 Å². The first-order chi connectivity index (χ1) is 10.6. The van der Waals surface area contributed by atoms with Crippen molar-refractivity contribution >= 4 is 5.91 Å². The van der Waals surface area contributed by atoms with Gasteiger partial charge in [0.1, 0.15) is 5.82 Å². The molecular weight excluding hydrogens is 277 g/mol.